The van der Waals surface area contributed by atoms with Gasteiger partial charge in [-0.3, -0.25) is 0 Å². The van der Waals surface area contributed by atoms with Crippen molar-refractivity contribution in [3.8, 4) is 5.88 Å². The minimum Gasteiger partial charge on any atom is -0.478 e. The van der Waals surface area contributed by atoms with E-state index in [2.05, 4.69) is 4.98 Å². The summed E-state index contributed by atoms with van der Waals surface area (Å²) in [5.41, 5.74) is 0.00243. The average molecular weight is 244 g/mol. The second kappa shape index (κ2) is 5.16. The normalized spacial score (nSPS) is 12.6. The Balaban J connectivity index is 2.91. The number of rotatable bonds is 4. The maximum atomic E-state index is 10.8. The third kappa shape index (κ3) is 3.10. The van der Waals surface area contributed by atoms with E-state index in [0.717, 1.165) is 0 Å². The highest BCUT2D eigenvalue weighted by Gasteiger charge is 2.14. The van der Waals surface area contributed by atoms with Gasteiger partial charge in [0, 0.05) is 6.07 Å². The topological polar surface area (TPSA) is 59.4 Å². The van der Waals surface area contributed by atoms with Crippen LogP contribution in [0, 0.1) is 5.92 Å². The summed E-state index contributed by atoms with van der Waals surface area (Å²) in [6.45, 7) is 5.93. The molecule has 0 fully saturated rings. The summed E-state index contributed by atoms with van der Waals surface area (Å²) in [6, 6.07) is 1.34. The first-order chi connectivity index (χ1) is 7.41. The molecule has 1 atom stereocenters. The summed E-state index contributed by atoms with van der Waals surface area (Å²) in [7, 11) is 0. The quantitative estimate of drug-likeness (QED) is 0.883. The van der Waals surface area contributed by atoms with E-state index >= 15 is 0 Å². The number of hydrogen-bond donors (Lipinski definition) is 1. The molecule has 4 nitrogen and oxygen atoms in total. The van der Waals surface area contributed by atoms with Crippen LogP contribution in [0.4, 0.5) is 0 Å². The number of hydrogen-bond acceptors (Lipinski definition) is 3. The molecule has 16 heavy (non-hydrogen) atoms. The van der Waals surface area contributed by atoms with Crippen molar-refractivity contribution >= 4 is 17.6 Å². The summed E-state index contributed by atoms with van der Waals surface area (Å²) in [5.74, 6) is -0.483. The molecular formula is C11H14ClNO3. The average Bonchev–Trinajstić information content (AvgIpc) is 2.20. The molecule has 88 valence electrons. The zero-order chi connectivity index (χ0) is 12.3. The molecular weight excluding hydrogens is 230 g/mol. The van der Waals surface area contributed by atoms with Crippen LogP contribution in [0.2, 0.25) is 5.02 Å². The Kier molecular flexibility index (Phi) is 4.12. The van der Waals surface area contributed by atoms with E-state index in [9.17, 15) is 4.79 Å². The van der Waals surface area contributed by atoms with Gasteiger partial charge in [-0.25, -0.2) is 9.78 Å². The van der Waals surface area contributed by atoms with Gasteiger partial charge in [0.2, 0.25) is 5.88 Å². The highest BCUT2D eigenvalue weighted by Crippen LogP contribution is 2.21. The van der Waals surface area contributed by atoms with Crippen LogP contribution in [-0.4, -0.2) is 22.2 Å². The lowest BCUT2D eigenvalue weighted by Crippen LogP contribution is -2.19. The number of ether oxygens (including phenoxy) is 1. The summed E-state index contributed by atoms with van der Waals surface area (Å²) in [4.78, 5) is 14.8. The molecule has 0 saturated carbocycles. The number of carboxylic acids is 1. The van der Waals surface area contributed by atoms with Crippen LogP contribution < -0.4 is 4.74 Å². The lowest BCUT2D eigenvalue weighted by molar-refractivity contribution is 0.0695. The molecule has 1 unspecified atom stereocenters. The third-order valence-corrected chi connectivity index (χ3v) is 2.61. The summed E-state index contributed by atoms with van der Waals surface area (Å²) < 4.78 is 5.49. The Labute approximate surface area is 99.2 Å². The number of aromatic nitrogens is 1. The number of carbonyl (C=O) groups is 1. The second-order valence-electron chi connectivity index (χ2n) is 3.87. The van der Waals surface area contributed by atoms with Crippen molar-refractivity contribution in [3.05, 3.63) is 22.8 Å². The first-order valence-corrected chi connectivity index (χ1v) is 5.35. The van der Waals surface area contributed by atoms with Gasteiger partial charge in [-0.15, -0.1) is 0 Å². The summed E-state index contributed by atoms with van der Waals surface area (Å²) >= 11 is 5.69. The smallest absolute Gasteiger partial charge is 0.337 e. The van der Waals surface area contributed by atoms with E-state index in [-0.39, 0.29) is 22.6 Å². The molecule has 1 N–H and O–H groups in total. The standard InChI is InChI=1S/C11H14ClNO3/c1-6(2)7(3)16-10-4-8(11(14)15)9(12)5-13-10/h4-7H,1-3H3,(H,14,15). The second-order valence-corrected chi connectivity index (χ2v) is 4.28. The number of aromatic carboxylic acids is 1. The minimum atomic E-state index is -1.09. The number of carboxylic acid groups (broad SMARTS) is 1. The van der Waals surface area contributed by atoms with E-state index in [4.69, 9.17) is 21.4 Å². The molecule has 1 aromatic heterocycles. The maximum absolute atomic E-state index is 10.8. The number of nitrogens with zero attached hydrogens (tertiary/aromatic N) is 1. The minimum absolute atomic E-state index is 0.00243. The van der Waals surface area contributed by atoms with Gasteiger partial charge in [-0.1, -0.05) is 25.4 Å². The van der Waals surface area contributed by atoms with Crippen molar-refractivity contribution < 1.29 is 14.6 Å². The van der Waals surface area contributed by atoms with Crippen molar-refractivity contribution in [2.45, 2.75) is 26.9 Å². The molecule has 0 aromatic carbocycles. The van der Waals surface area contributed by atoms with Crippen LogP contribution in [-0.2, 0) is 0 Å². The molecule has 0 bridgehead atoms. The first-order valence-electron chi connectivity index (χ1n) is 4.97. The monoisotopic (exact) mass is 243 g/mol. The molecule has 1 aromatic rings. The van der Waals surface area contributed by atoms with E-state index in [1.54, 1.807) is 0 Å². The fourth-order valence-electron chi connectivity index (χ4n) is 0.974. The fourth-order valence-corrected chi connectivity index (χ4v) is 1.16. The SMILES string of the molecule is CC(C)C(C)Oc1cc(C(=O)O)c(Cl)cn1. The summed E-state index contributed by atoms with van der Waals surface area (Å²) in [5, 5.41) is 8.97. The van der Waals surface area contributed by atoms with Crippen molar-refractivity contribution in [1.82, 2.24) is 4.98 Å². The number of halogens is 1. The predicted molar refractivity (Wildman–Crippen MR) is 61.1 cm³/mol. The Morgan fingerprint density at radius 3 is 2.62 bits per heavy atom. The van der Waals surface area contributed by atoms with Gasteiger partial charge in [0.05, 0.1) is 22.9 Å². The lowest BCUT2D eigenvalue weighted by Gasteiger charge is -2.17. The van der Waals surface area contributed by atoms with E-state index in [0.29, 0.717) is 5.92 Å². The van der Waals surface area contributed by atoms with Crippen molar-refractivity contribution in [3.63, 3.8) is 0 Å². The Bertz CT molecular complexity index is 393. The fraction of sp³-hybridized carbons (Fsp3) is 0.455. The van der Waals surface area contributed by atoms with Gasteiger partial charge in [0.25, 0.3) is 0 Å². The molecule has 5 heteroatoms. The predicted octanol–water partition coefficient (Wildman–Crippen LogP) is 2.86. The highest BCUT2D eigenvalue weighted by atomic mass is 35.5. The molecule has 0 amide bonds. The van der Waals surface area contributed by atoms with Crippen LogP contribution >= 0.6 is 11.6 Å². The largest absolute Gasteiger partial charge is 0.478 e. The molecule has 0 aliphatic carbocycles. The van der Waals surface area contributed by atoms with Gasteiger partial charge >= 0.3 is 5.97 Å². The summed E-state index contributed by atoms with van der Waals surface area (Å²) in [6.07, 6.45) is 1.25. The van der Waals surface area contributed by atoms with Crippen LogP contribution in [0.5, 0.6) is 5.88 Å². The molecule has 0 saturated heterocycles. The van der Waals surface area contributed by atoms with Crippen molar-refractivity contribution in [2.75, 3.05) is 0 Å². The molecule has 0 aliphatic rings. The van der Waals surface area contributed by atoms with Gasteiger partial charge in [-0.05, 0) is 12.8 Å². The van der Waals surface area contributed by atoms with Gasteiger partial charge < -0.3 is 9.84 Å². The Morgan fingerprint density at radius 2 is 2.12 bits per heavy atom. The third-order valence-electron chi connectivity index (χ3n) is 2.31. The van der Waals surface area contributed by atoms with Crippen LogP contribution in [0.3, 0.4) is 0 Å². The van der Waals surface area contributed by atoms with E-state index in [1.807, 2.05) is 20.8 Å². The van der Waals surface area contributed by atoms with Gasteiger partial charge in [-0.2, -0.15) is 0 Å². The zero-order valence-electron chi connectivity index (χ0n) is 9.40. The Hall–Kier alpha value is -1.29. The highest BCUT2D eigenvalue weighted by molar-refractivity contribution is 6.33. The van der Waals surface area contributed by atoms with E-state index in [1.165, 1.54) is 12.3 Å². The maximum Gasteiger partial charge on any atom is 0.337 e. The van der Waals surface area contributed by atoms with Gasteiger partial charge in [0.15, 0.2) is 0 Å². The molecule has 1 heterocycles. The van der Waals surface area contributed by atoms with Gasteiger partial charge in [0.1, 0.15) is 0 Å². The zero-order valence-corrected chi connectivity index (χ0v) is 10.2. The number of pyridine rings is 1. The van der Waals surface area contributed by atoms with E-state index < -0.39 is 5.97 Å². The molecule has 1 rings (SSSR count). The molecule has 0 radical (unpaired) electrons. The Morgan fingerprint density at radius 1 is 1.50 bits per heavy atom. The van der Waals surface area contributed by atoms with Crippen LogP contribution in [0.1, 0.15) is 31.1 Å². The van der Waals surface area contributed by atoms with Crippen molar-refractivity contribution in [2.24, 2.45) is 5.92 Å². The van der Waals surface area contributed by atoms with Crippen LogP contribution in [0.25, 0.3) is 0 Å². The van der Waals surface area contributed by atoms with Crippen LogP contribution in [0.15, 0.2) is 12.3 Å². The molecule has 0 aliphatic heterocycles. The lowest BCUT2D eigenvalue weighted by atomic mass is 10.1. The first kappa shape index (κ1) is 12.8. The van der Waals surface area contributed by atoms with Crippen molar-refractivity contribution in [1.29, 1.82) is 0 Å². The molecule has 0 spiro atoms.